The lowest BCUT2D eigenvalue weighted by Crippen LogP contribution is -2.33. The number of H-pyrrole nitrogens is 1. The van der Waals surface area contributed by atoms with Gasteiger partial charge < -0.3 is 15.0 Å². The predicted molar refractivity (Wildman–Crippen MR) is 96.4 cm³/mol. The number of amides is 1. The molecule has 1 aromatic heterocycles. The Morgan fingerprint density at radius 2 is 1.88 bits per heavy atom. The lowest BCUT2D eigenvalue weighted by atomic mass is 9.93. The van der Waals surface area contributed by atoms with E-state index in [1.807, 2.05) is 30.3 Å². The molecule has 26 heavy (non-hydrogen) atoms. The van der Waals surface area contributed by atoms with Gasteiger partial charge in [0.2, 0.25) is 5.91 Å². The molecule has 3 aromatic rings. The van der Waals surface area contributed by atoms with Crippen molar-refractivity contribution >= 4 is 22.9 Å². The van der Waals surface area contributed by atoms with Crippen LogP contribution < -0.4 is 0 Å². The molecule has 0 unspecified atom stereocenters. The zero-order valence-electron chi connectivity index (χ0n) is 14.3. The van der Waals surface area contributed by atoms with Crippen molar-refractivity contribution in [2.45, 2.75) is 18.4 Å². The number of carboxylic acids is 1. The molecule has 1 aliphatic carbocycles. The number of hydrogen-bond acceptors (Lipinski definition) is 3. The Morgan fingerprint density at radius 1 is 1.19 bits per heavy atom. The molecule has 1 heterocycles. The van der Waals surface area contributed by atoms with Crippen LogP contribution in [0.4, 0.5) is 0 Å². The topological polar surface area (TPSA) is 86.3 Å². The highest BCUT2D eigenvalue weighted by atomic mass is 16.4. The minimum absolute atomic E-state index is 0.170. The molecule has 0 radical (unpaired) electrons. The molecule has 2 atom stereocenters. The summed E-state index contributed by atoms with van der Waals surface area (Å²) in [5.41, 5.74) is 1.33. The fraction of sp³-hybridized carbons (Fsp3) is 0.250. The van der Waals surface area contributed by atoms with Crippen LogP contribution in [0, 0.1) is 5.92 Å². The lowest BCUT2D eigenvalue weighted by Gasteiger charge is -2.18. The van der Waals surface area contributed by atoms with E-state index in [1.165, 1.54) is 0 Å². The Labute approximate surface area is 150 Å². The van der Waals surface area contributed by atoms with Crippen LogP contribution in [0.25, 0.3) is 11.0 Å². The normalized spacial score (nSPS) is 21.5. The van der Waals surface area contributed by atoms with Gasteiger partial charge in [-0.05, 0) is 24.1 Å². The van der Waals surface area contributed by atoms with Crippen molar-refractivity contribution < 1.29 is 14.7 Å². The van der Waals surface area contributed by atoms with Gasteiger partial charge in [-0.25, -0.2) is 4.98 Å². The minimum atomic E-state index is -1.11. The number of aromatic nitrogens is 2. The highest BCUT2D eigenvalue weighted by Crippen LogP contribution is 2.55. The van der Waals surface area contributed by atoms with E-state index in [9.17, 15) is 14.7 Å². The van der Waals surface area contributed by atoms with E-state index in [-0.39, 0.29) is 5.91 Å². The van der Waals surface area contributed by atoms with Crippen molar-refractivity contribution in [3.8, 4) is 0 Å². The van der Waals surface area contributed by atoms with Crippen LogP contribution in [-0.4, -0.2) is 38.9 Å². The molecule has 1 aliphatic rings. The maximum Gasteiger partial charge on any atom is 0.314 e. The van der Waals surface area contributed by atoms with E-state index < -0.39 is 17.3 Å². The zero-order chi connectivity index (χ0) is 18.3. The highest BCUT2D eigenvalue weighted by Gasteiger charge is 2.65. The largest absolute Gasteiger partial charge is 0.481 e. The number of aromatic amines is 1. The van der Waals surface area contributed by atoms with E-state index in [2.05, 4.69) is 9.97 Å². The van der Waals surface area contributed by atoms with Gasteiger partial charge in [0, 0.05) is 7.05 Å². The third-order valence-corrected chi connectivity index (χ3v) is 5.13. The van der Waals surface area contributed by atoms with Crippen molar-refractivity contribution in [2.24, 2.45) is 5.92 Å². The average molecular weight is 349 g/mol. The van der Waals surface area contributed by atoms with Crippen LogP contribution in [0.3, 0.4) is 0 Å². The van der Waals surface area contributed by atoms with Crippen LogP contribution in [-0.2, 0) is 21.5 Å². The number of fused-ring (bicyclic) bond motifs is 1. The molecule has 0 spiro atoms. The summed E-state index contributed by atoms with van der Waals surface area (Å²) in [7, 11) is 1.69. The second kappa shape index (κ2) is 5.98. The molecular formula is C20H19N3O3. The lowest BCUT2D eigenvalue weighted by molar-refractivity contribution is -0.143. The number of carboxylic acid groups (broad SMARTS) is 1. The van der Waals surface area contributed by atoms with Gasteiger partial charge in [-0.2, -0.15) is 0 Å². The molecule has 132 valence electrons. The molecule has 4 rings (SSSR count). The molecule has 1 saturated carbocycles. The molecule has 1 fully saturated rings. The van der Waals surface area contributed by atoms with Gasteiger partial charge in [0.05, 0.1) is 23.5 Å². The van der Waals surface area contributed by atoms with E-state index in [4.69, 9.17) is 0 Å². The number of nitrogens with one attached hydrogen (secondary N) is 1. The highest BCUT2D eigenvalue weighted by molar-refractivity contribution is 5.97. The van der Waals surface area contributed by atoms with Crippen LogP contribution in [0.5, 0.6) is 0 Å². The number of carbonyl (C=O) groups is 2. The minimum Gasteiger partial charge on any atom is -0.481 e. The Balaban J connectivity index is 1.53. The molecule has 0 saturated heterocycles. The molecular weight excluding hydrogens is 330 g/mol. The quantitative estimate of drug-likeness (QED) is 0.741. The Bertz CT molecular complexity index is 949. The van der Waals surface area contributed by atoms with Crippen LogP contribution in [0.1, 0.15) is 17.8 Å². The van der Waals surface area contributed by atoms with Crippen molar-refractivity contribution in [1.82, 2.24) is 14.9 Å². The van der Waals surface area contributed by atoms with Gasteiger partial charge in [0.25, 0.3) is 0 Å². The summed E-state index contributed by atoms with van der Waals surface area (Å²) in [5, 5.41) is 9.75. The van der Waals surface area contributed by atoms with Gasteiger partial charge in [-0.3, -0.25) is 9.59 Å². The Hall–Kier alpha value is -3.15. The average Bonchev–Trinajstić information content (AvgIpc) is 3.29. The maximum absolute atomic E-state index is 12.8. The maximum atomic E-state index is 12.8. The first-order chi connectivity index (χ1) is 12.5. The molecule has 1 amide bonds. The first-order valence-corrected chi connectivity index (χ1v) is 8.50. The van der Waals surface area contributed by atoms with Crippen molar-refractivity contribution in [3.05, 3.63) is 66.0 Å². The zero-order valence-corrected chi connectivity index (χ0v) is 14.3. The third kappa shape index (κ3) is 2.54. The number of imidazole rings is 1. The van der Waals surface area contributed by atoms with Gasteiger partial charge in [-0.15, -0.1) is 0 Å². The Morgan fingerprint density at radius 3 is 2.58 bits per heavy atom. The van der Waals surface area contributed by atoms with E-state index in [0.29, 0.717) is 24.4 Å². The number of nitrogens with zero attached hydrogens (tertiary/aromatic N) is 2. The summed E-state index contributed by atoms with van der Waals surface area (Å²) < 4.78 is 0. The molecule has 0 bridgehead atoms. The first kappa shape index (κ1) is 16.3. The predicted octanol–water partition coefficient (Wildman–Crippen LogP) is 2.56. The van der Waals surface area contributed by atoms with Crippen LogP contribution in [0.15, 0.2) is 54.6 Å². The number of para-hydroxylation sites is 2. The van der Waals surface area contributed by atoms with Crippen molar-refractivity contribution in [2.75, 3.05) is 7.05 Å². The van der Waals surface area contributed by atoms with Crippen molar-refractivity contribution in [3.63, 3.8) is 0 Å². The molecule has 6 nitrogen and oxygen atoms in total. The number of carbonyl (C=O) groups excluding carboxylic acids is 1. The molecule has 0 aliphatic heterocycles. The van der Waals surface area contributed by atoms with Gasteiger partial charge in [0.1, 0.15) is 11.2 Å². The number of aliphatic carboxylic acids is 1. The second-order valence-corrected chi connectivity index (χ2v) is 6.79. The summed E-state index contributed by atoms with van der Waals surface area (Å²) >= 11 is 0. The summed E-state index contributed by atoms with van der Waals surface area (Å²) in [4.78, 5) is 34.0. The number of hydrogen-bond donors (Lipinski definition) is 2. The summed E-state index contributed by atoms with van der Waals surface area (Å²) in [6.07, 6.45) is 0.329. The monoisotopic (exact) mass is 349 g/mol. The van der Waals surface area contributed by atoms with E-state index in [1.54, 1.807) is 36.2 Å². The van der Waals surface area contributed by atoms with Gasteiger partial charge in [-0.1, -0.05) is 42.5 Å². The number of benzene rings is 2. The fourth-order valence-electron chi connectivity index (χ4n) is 3.62. The smallest absolute Gasteiger partial charge is 0.314 e. The van der Waals surface area contributed by atoms with Crippen molar-refractivity contribution in [1.29, 1.82) is 0 Å². The first-order valence-electron chi connectivity index (χ1n) is 8.50. The van der Waals surface area contributed by atoms with Crippen LogP contribution >= 0.6 is 0 Å². The molecule has 2 aromatic carbocycles. The van der Waals surface area contributed by atoms with E-state index >= 15 is 0 Å². The molecule has 6 heteroatoms. The van der Waals surface area contributed by atoms with Gasteiger partial charge >= 0.3 is 5.97 Å². The summed E-state index contributed by atoms with van der Waals surface area (Å²) in [6, 6.07) is 16.7. The van der Waals surface area contributed by atoms with E-state index in [0.717, 1.165) is 11.0 Å². The second-order valence-electron chi connectivity index (χ2n) is 6.79. The Kier molecular flexibility index (Phi) is 3.76. The fourth-order valence-corrected chi connectivity index (χ4v) is 3.62. The number of rotatable bonds is 5. The SMILES string of the molecule is CN(Cc1nc2ccccc2[nH]1)C(=O)[C@@H]1C[C@@]1(C(=O)O)c1ccccc1. The molecule has 2 N–H and O–H groups in total. The third-order valence-electron chi connectivity index (χ3n) is 5.13. The standard InChI is InChI=1S/C20H19N3O3/c1-23(12-17-21-15-9-5-6-10-16(15)22-17)18(24)14-11-20(14,19(25)26)13-7-3-2-4-8-13/h2-10,14H,11-12H2,1H3,(H,21,22)(H,25,26)/t14-,20+/m0/s1. The summed E-state index contributed by atoms with van der Waals surface area (Å²) in [6.45, 7) is 0.314. The van der Waals surface area contributed by atoms with Gasteiger partial charge in [0.15, 0.2) is 0 Å². The van der Waals surface area contributed by atoms with Crippen LogP contribution in [0.2, 0.25) is 0 Å². The summed E-state index contributed by atoms with van der Waals surface area (Å²) in [5.74, 6) is -0.976.